The summed E-state index contributed by atoms with van der Waals surface area (Å²) in [4.78, 5) is 29.2. The van der Waals surface area contributed by atoms with Crippen LogP contribution in [0.1, 0.15) is 28.9 Å². The summed E-state index contributed by atoms with van der Waals surface area (Å²) >= 11 is 0. The predicted molar refractivity (Wildman–Crippen MR) is 103 cm³/mol. The minimum atomic E-state index is -0.405. The lowest BCUT2D eigenvalue weighted by molar-refractivity contribution is -0.169. The molecule has 2 aliphatic rings. The molecule has 1 amide bonds. The van der Waals surface area contributed by atoms with Crippen LogP contribution in [0.15, 0.2) is 36.9 Å². The van der Waals surface area contributed by atoms with Crippen molar-refractivity contribution >= 4 is 11.7 Å². The SMILES string of the molecule is CN(CCc1ccncc1)C(=O)c1cnc(N2CCC3(CC2)OCCO3)cn1. The Morgan fingerprint density at radius 1 is 1.14 bits per heavy atom. The first-order valence-electron chi connectivity index (χ1n) is 9.64. The van der Waals surface area contributed by atoms with Gasteiger partial charge in [-0.1, -0.05) is 0 Å². The molecular weight excluding hydrogens is 358 g/mol. The third kappa shape index (κ3) is 4.13. The quantitative estimate of drug-likeness (QED) is 0.774. The molecular formula is C20H25N5O3. The number of carbonyl (C=O) groups is 1. The topological polar surface area (TPSA) is 80.7 Å². The van der Waals surface area contributed by atoms with Crippen molar-refractivity contribution in [1.29, 1.82) is 0 Å². The molecule has 148 valence electrons. The fraction of sp³-hybridized carbons (Fsp3) is 0.500. The summed E-state index contributed by atoms with van der Waals surface area (Å²) in [5, 5.41) is 0. The normalized spacial score (nSPS) is 18.4. The minimum absolute atomic E-state index is 0.126. The maximum Gasteiger partial charge on any atom is 0.273 e. The van der Waals surface area contributed by atoms with E-state index in [4.69, 9.17) is 9.47 Å². The summed E-state index contributed by atoms with van der Waals surface area (Å²) in [6.45, 7) is 3.55. The Hall–Kier alpha value is -2.58. The highest BCUT2D eigenvalue weighted by atomic mass is 16.7. The van der Waals surface area contributed by atoms with Crippen LogP contribution in [0.25, 0.3) is 0 Å². The lowest BCUT2D eigenvalue weighted by atomic mass is 10.0. The molecule has 0 atom stereocenters. The van der Waals surface area contributed by atoms with Gasteiger partial charge in [-0.2, -0.15) is 0 Å². The van der Waals surface area contributed by atoms with Crippen LogP contribution in [0, 0.1) is 0 Å². The van der Waals surface area contributed by atoms with E-state index in [-0.39, 0.29) is 5.91 Å². The molecule has 28 heavy (non-hydrogen) atoms. The van der Waals surface area contributed by atoms with Crippen LogP contribution in [0.5, 0.6) is 0 Å². The number of rotatable bonds is 5. The molecule has 1 spiro atoms. The van der Waals surface area contributed by atoms with Crippen LogP contribution in [0.4, 0.5) is 5.82 Å². The Kier molecular flexibility index (Phi) is 5.50. The number of ether oxygens (including phenoxy) is 2. The van der Waals surface area contributed by atoms with Crippen molar-refractivity contribution in [2.75, 3.05) is 44.8 Å². The second-order valence-electron chi connectivity index (χ2n) is 7.19. The molecule has 0 N–H and O–H groups in total. The number of aromatic nitrogens is 3. The van der Waals surface area contributed by atoms with Gasteiger partial charge < -0.3 is 19.3 Å². The van der Waals surface area contributed by atoms with E-state index in [1.807, 2.05) is 12.1 Å². The monoisotopic (exact) mass is 383 g/mol. The molecule has 0 aliphatic carbocycles. The van der Waals surface area contributed by atoms with E-state index in [0.29, 0.717) is 25.5 Å². The first kappa shape index (κ1) is 18.8. The minimum Gasteiger partial charge on any atom is -0.355 e. The molecule has 0 saturated carbocycles. The molecule has 0 radical (unpaired) electrons. The van der Waals surface area contributed by atoms with Crippen molar-refractivity contribution in [1.82, 2.24) is 19.9 Å². The third-order valence-corrected chi connectivity index (χ3v) is 5.35. The summed E-state index contributed by atoms with van der Waals surface area (Å²) in [5.41, 5.74) is 1.51. The molecule has 8 nitrogen and oxygen atoms in total. The van der Waals surface area contributed by atoms with Gasteiger partial charge in [-0.05, 0) is 24.1 Å². The highest BCUT2D eigenvalue weighted by Crippen LogP contribution is 2.32. The Morgan fingerprint density at radius 3 is 2.50 bits per heavy atom. The summed E-state index contributed by atoms with van der Waals surface area (Å²) in [7, 11) is 1.78. The molecule has 8 heteroatoms. The zero-order valence-corrected chi connectivity index (χ0v) is 16.1. The van der Waals surface area contributed by atoms with Crippen LogP contribution in [0.3, 0.4) is 0 Å². The zero-order chi connectivity index (χ0) is 19.4. The lowest BCUT2D eigenvalue weighted by Gasteiger charge is -2.37. The number of hydrogen-bond acceptors (Lipinski definition) is 7. The van der Waals surface area contributed by atoms with Gasteiger partial charge in [0.1, 0.15) is 11.5 Å². The third-order valence-electron chi connectivity index (χ3n) is 5.35. The van der Waals surface area contributed by atoms with Gasteiger partial charge in [0.05, 0.1) is 25.6 Å². The molecule has 0 aromatic carbocycles. The van der Waals surface area contributed by atoms with E-state index in [9.17, 15) is 4.79 Å². The Balaban J connectivity index is 1.31. The molecule has 2 aliphatic heterocycles. The molecule has 2 saturated heterocycles. The highest BCUT2D eigenvalue weighted by Gasteiger charge is 2.40. The molecule has 2 fully saturated rings. The van der Waals surface area contributed by atoms with Gasteiger partial charge in [0.15, 0.2) is 5.79 Å². The number of pyridine rings is 1. The number of piperidine rings is 1. The zero-order valence-electron chi connectivity index (χ0n) is 16.1. The number of likely N-dealkylation sites (N-methyl/N-ethyl adjacent to an activating group) is 1. The van der Waals surface area contributed by atoms with E-state index in [0.717, 1.165) is 43.7 Å². The number of amides is 1. The molecule has 2 aromatic rings. The largest absolute Gasteiger partial charge is 0.355 e. The Bertz CT molecular complexity index is 783. The van der Waals surface area contributed by atoms with Crippen LogP contribution >= 0.6 is 0 Å². The lowest BCUT2D eigenvalue weighted by Crippen LogP contribution is -2.45. The van der Waals surface area contributed by atoms with Crippen molar-refractivity contribution in [3.63, 3.8) is 0 Å². The average molecular weight is 383 g/mol. The fourth-order valence-electron chi connectivity index (χ4n) is 3.60. The number of nitrogens with zero attached hydrogens (tertiary/aromatic N) is 5. The van der Waals surface area contributed by atoms with Crippen molar-refractivity contribution < 1.29 is 14.3 Å². The first-order valence-corrected chi connectivity index (χ1v) is 9.64. The van der Waals surface area contributed by atoms with Crippen molar-refractivity contribution in [3.8, 4) is 0 Å². The van der Waals surface area contributed by atoms with Crippen LogP contribution in [-0.2, 0) is 15.9 Å². The van der Waals surface area contributed by atoms with Gasteiger partial charge in [-0.25, -0.2) is 9.97 Å². The molecule has 0 bridgehead atoms. The van der Waals surface area contributed by atoms with Gasteiger partial charge in [0, 0.05) is 51.9 Å². The van der Waals surface area contributed by atoms with Crippen LogP contribution < -0.4 is 4.90 Å². The fourth-order valence-corrected chi connectivity index (χ4v) is 3.60. The maximum atomic E-state index is 12.6. The van der Waals surface area contributed by atoms with Crippen molar-refractivity contribution in [2.24, 2.45) is 0 Å². The van der Waals surface area contributed by atoms with E-state index >= 15 is 0 Å². The van der Waals surface area contributed by atoms with Gasteiger partial charge in [0.25, 0.3) is 5.91 Å². The van der Waals surface area contributed by atoms with Crippen LogP contribution in [0.2, 0.25) is 0 Å². The van der Waals surface area contributed by atoms with E-state index in [1.165, 1.54) is 0 Å². The average Bonchev–Trinajstić information content (AvgIpc) is 3.21. The first-order chi connectivity index (χ1) is 13.7. The second kappa shape index (κ2) is 8.20. The summed E-state index contributed by atoms with van der Waals surface area (Å²) in [6.07, 6.45) is 9.16. The van der Waals surface area contributed by atoms with Crippen molar-refractivity contribution in [3.05, 3.63) is 48.2 Å². The van der Waals surface area contributed by atoms with Gasteiger partial charge in [0.2, 0.25) is 0 Å². The maximum absolute atomic E-state index is 12.6. The predicted octanol–water partition coefficient (Wildman–Crippen LogP) is 1.53. The number of carbonyl (C=O) groups excluding carboxylic acids is 1. The van der Waals surface area contributed by atoms with E-state index < -0.39 is 5.79 Å². The number of anilines is 1. The smallest absolute Gasteiger partial charge is 0.273 e. The molecule has 0 unspecified atom stereocenters. The standard InChI is InChI=1S/C20H25N5O3/c1-24(9-4-16-2-7-21-8-3-16)19(26)17-14-23-18(15-22-17)25-10-5-20(6-11-25)27-12-13-28-20/h2-3,7-8,14-15H,4-6,9-13H2,1H3. The van der Waals surface area contributed by atoms with Crippen LogP contribution in [-0.4, -0.2) is 71.4 Å². The van der Waals surface area contributed by atoms with Crippen molar-refractivity contribution in [2.45, 2.75) is 25.0 Å². The van der Waals surface area contributed by atoms with Gasteiger partial charge in [-0.15, -0.1) is 0 Å². The summed E-state index contributed by atoms with van der Waals surface area (Å²) < 4.78 is 11.5. The molecule has 4 rings (SSSR count). The highest BCUT2D eigenvalue weighted by molar-refractivity contribution is 5.91. The molecule has 4 heterocycles. The second-order valence-corrected chi connectivity index (χ2v) is 7.19. The van der Waals surface area contributed by atoms with E-state index in [1.54, 1.807) is 36.7 Å². The molecule has 2 aromatic heterocycles. The summed E-state index contributed by atoms with van der Waals surface area (Å²) in [5.74, 6) is 0.250. The Morgan fingerprint density at radius 2 is 1.86 bits per heavy atom. The van der Waals surface area contributed by atoms with E-state index in [2.05, 4.69) is 19.9 Å². The van der Waals surface area contributed by atoms with Gasteiger partial charge >= 0.3 is 0 Å². The Labute approximate surface area is 164 Å². The number of hydrogen-bond donors (Lipinski definition) is 0. The van der Waals surface area contributed by atoms with Gasteiger partial charge in [-0.3, -0.25) is 9.78 Å². The summed E-state index contributed by atoms with van der Waals surface area (Å²) in [6, 6.07) is 3.91.